The lowest BCUT2D eigenvalue weighted by Gasteiger charge is -2.08. The summed E-state index contributed by atoms with van der Waals surface area (Å²) in [4.78, 5) is 16.0. The van der Waals surface area contributed by atoms with Crippen molar-refractivity contribution in [2.75, 3.05) is 12.4 Å². The lowest BCUT2D eigenvalue weighted by atomic mass is 10.1. The van der Waals surface area contributed by atoms with Crippen molar-refractivity contribution in [3.05, 3.63) is 59.3 Å². The van der Waals surface area contributed by atoms with Gasteiger partial charge in [0.25, 0.3) is 5.91 Å². The van der Waals surface area contributed by atoms with Gasteiger partial charge in [-0.1, -0.05) is 11.6 Å². The minimum atomic E-state index is -0.622. The van der Waals surface area contributed by atoms with Gasteiger partial charge in [-0.3, -0.25) is 14.5 Å². The molecule has 0 saturated carbocycles. The quantitative estimate of drug-likeness (QED) is 0.772. The third-order valence-electron chi connectivity index (χ3n) is 3.57. The zero-order valence-electron chi connectivity index (χ0n) is 13.5. The number of pyridine rings is 1. The van der Waals surface area contributed by atoms with E-state index in [2.05, 4.69) is 15.4 Å². The van der Waals surface area contributed by atoms with Crippen molar-refractivity contribution in [2.45, 2.75) is 0 Å². The molecule has 0 saturated heterocycles. The third-order valence-corrected chi connectivity index (χ3v) is 3.81. The molecule has 0 aliphatic carbocycles. The zero-order chi connectivity index (χ0) is 18.0. The van der Waals surface area contributed by atoms with Crippen molar-refractivity contribution in [3.63, 3.8) is 0 Å². The molecule has 1 amide bonds. The van der Waals surface area contributed by atoms with Crippen LogP contribution in [-0.2, 0) is 7.05 Å². The molecule has 0 aliphatic rings. The highest BCUT2D eigenvalue weighted by Gasteiger charge is 2.18. The molecule has 128 valence electrons. The molecular weight excluding hydrogens is 347 g/mol. The molecule has 3 rings (SSSR count). The van der Waals surface area contributed by atoms with E-state index in [0.29, 0.717) is 22.0 Å². The van der Waals surface area contributed by atoms with Crippen LogP contribution in [0.2, 0.25) is 5.02 Å². The normalized spacial score (nSPS) is 10.6. The maximum Gasteiger partial charge on any atom is 0.276 e. The minimum absolute atomic E-state index is 0.0348. The molecular formula is C17H14ClFN4O2. The summed E-state index contributed by atoms with van der Waals surface area (Å²) in [6.45, 7) is 0. The summed E-state index contributed by atoms with van der Waals surface area (Å²) in [7, 11) is 3.24. The molecule has 1 aromatic carbocycles. The van der Waals surface area contributed by atoms with Gasteiger partial charge in [-0.25, -0.2) is 4.39 Å². The number of halogens is 2. The summed E-state index contributed by atoms with van der Waals surface area (Å²) in [6.07, 6.45) is 2.41. The van der Waals surface area contributed by atoms with E-state index in [-0.39, 0.29) is 11.4 Å². The fourth-order valence-electron chi connectivity index (χ4n) is 2.37. The average molecular weight is 361 g/mol. The summed E-state index contributed by atoms with van der Waals surface area (Å²) >= 11 is 6.06. The van der Waals surface area contributed by atoms with Gasteiger partial charge in [0.2, 0.25) is 0 Å². The van der Waals surface area contributed by atoms with Crippen molar-refractivity contribution in [2.24, 2.45) is 7.05 Å². The van der Waals surface area contributed by atoms with Gasteiger partial charge in [0.15, 0.2) is 11.5 Å². The number of benzene rings is 1. The Morgan fingerprint density at radius 1 is 1.32 bits per heavy atom. The molecule has 0 aliphatic heterocycles. The Labute approximate surface area is 148 Å². The van der Waals surface area contributed by atoms with Crippen molar-refractivity contribution < 1.29 is 13.9 Å². The summed E-state index contributed by atoms with van der Waals surface area (Å²) in [6, 6.07) is 8.12. The molecule has 0 unspecified atom stereocenters. The van der Waals surface area contributed by atoms with Crippen molar-refractivity contribution in [3.8, 4) is 17.0 Å². The van der Waals surface area contributed by atoms with E-state index in [0.717, 1.165) is 6.20 Å². The smallest absolute Gasteiger partial charge is 0.276 e. The fraction of sp³-hybridized carbons (Fsp3) is 0.118. The maximum atomic E-state index is 13.6. The molecule has 25 heavy (non-hydrogen) atoms. The predicted octanol–water partition coefficient (Wildman–Crippen LogP) is 3.54. The summed E-state index contributed by atoms with van der Waals surface area (Å²) in [5.41, 5.74) is 1.50. The van der Waals surface area contributed by atoms with Crippen LogP contribution in [0.25, 0.3) is 11.3 Å². The molecule has 1 N–H and O–H groups in total. The maximum absolute atomic E-state index is 13.6. The summed E-state index contributed by atoms with van der Waals surface area (Å²) in [5, 5.41) is 7.19. The van der Waals surface area contributed by atoms with Crippen LogP contribution in [0.1, 0.15) is 10.5 Å². The van der Waals surface area contributed by atoms with Gasteiger partial charge >= 0.3 is 0 Å². The fourth-order valence-corrected chi connectivity index (χ4v) is 2.55. The number of carbonyl (C=O) groups is 1. The number of amides is 1. The number of aromatic nitrogens is 3. The number of nitrogens with zero attached hydrogens (tertiary/aromatic N) is 3. The first-order valence-electron chi connectivity index (χ1n) is 7.28. The monoisotopic (exact) mass is 360 g/mol. The topological polar surface area (TPSA) is 69.0 Å². The predicted molar refractivity (Wildman–Crippen MR) is 92.4 cm³/mol. The second-order valence-electron chi connectivity index (χ2n) is 5.19. The third kappa shape index (κ3) is 3.46. The number of aryl methyl sites for hydroxylation is 1. The van der Waals surface area contributed by atoms with Gasteiger partial charge < -0.3 is 10.1 Å². The first-order chi connectivity index (χ1) is 12.0. The van der Waals surface area contributed by atoms with Crippen LogP contribution in [0, 0.1) is 5.82 Å². The van der Waals surface area contributed by atoms with Gasteiger partial charge in [-0.15, -0.1) is 0 Å². The van der Waals surface area contributed by atoms with Gasteiger partial charge in [-0.2, -0.15) is 5.10 Å². The van der Waals surface area contributed by atoms with Crippen LogP contribution in [0.4, 0.5) is 10.1 Å². The summed E-state index contributed by atoms with van der Waals surface area (Å²) < 4.78 is 20.5. The van der Waals surface area contributed by atoms with Crippen LogP contribution >= 0.6 is 11.6 Å². The second kappa shape index (κ2) is 6.90. The number of rotatable bonds is 4. The minimum Gasteiger partial charge on any atom is -0.496 e. The average Bonchev–Trinajstić information content (AvgIpc) is 2.98. The first kappa shape index (κ1) is 16.9. The van der Waals surface area contributed by atoms with Crippen LogP contribution in [0.15, 0.2) is 42.7 Å². The Bertz CT molecular complexity index is 942. The number of hydrogen-bond acceptors (Lipinski definition) is 4. The number of anilines is 1. The van der Waals surface area contributed by atoms with Crippen LogP contribution < -0.4 is 10.1 Å². The van der Waals surface area contributed by atoms with E-state index in [4.69, 9.17) is 16.3 Å². The Morgan fingerprint density at radius 2 is 2.12 bits per heavy atom. The van der Waals surface area contributed by atoms with E-state index in [1.165, 1.54) is 16.9 Å². The van der Waals surface area contributed by atoms with E-state index in [9.17, 15) is 9.18 Å². The molecule has 0 fully saturated rings. The Balaban J connectivity index is 1.94. The van der Waals surface area contributed by atoms with E-state index < -0.39 is 11.7 Å². The molecule has 2 heterocycles. The highest BCUT2D eigenvalue weighted by molar-refractivity contribution is 6.31. The van der Waals surface area contributed by atoms with Gasteiger partial charge in [0, 0.05) is 23.8 Å². The van der Waals surface area contributed by atoms with Crippen LogP contribution in [-0.4, -0.2) is 27.8 Å². The van der Waals surface area contributed by atoms with E-state index in [1.54, 1.807) is 38.4 Å². The van der Waals surface area contributed by atoms with Crippen LogP contribution in [0.3, 0.4) is 0 Å². The molecule has 3 aromatic rings. The lowest BCUT2D eigenvalue weighted by Crippen LogP contribution is -2.14. The van der Waals surface area contributed by atoms with Crippen molar-refractivity contribution in [1.82, 2.24) is 14.8 Å². The van der Waals surface area contributed by atoms with Crippen molar-refractivity contribution >= 4 is 23.2 Å². The largest absolute Gasteiger partial charge is 0.496 e. The second-order valence-corrected chi connectivity index (χ2v) is 5.63. The molecule has 2 aromatic heterocycles. The Morgan fingerprint density at radius 3 is 2.84 bits per heavy atom. The number of hydrogen-bond donors (Lipinski definition) is 1. The number of ether oxygens (including phenoxy) is 1. The number of nitrogens with one attached hydrogen (secondary N) is 1. The van der Waals surface area contributed by atoms with Gasteiger partial charge in [0.05, 0.1) is 24.7 Å². The van der Waals surface area contributed by atoms with Crippen LogP contribution in [0.5, 0.6) is 5.75 Å². The zero-order valence-corrected chi connectivity index (χ0v) is 14.2. The molecule has 8 heteroatoms. The molecule has 0 bridgehead atoms. The van der Waals surface area contributed by atoms with Gasteiger partial charge in [-0.05, 0) is 30.3 Å². The Hall–Kier alpha value is -2.93. The SMILES string of the molecule is COc1ccc(Cl)cc1-c1cc(C(=O)Nc2ccncc2F)nn1C. The highest BCUT2D eigenvalue weighted by Crippen LogP contribution is 2.32. The first-order valence-corrected chi connectivity index (χ1v) is 7.66. The molecule has 6 nitrogen and oxygen atoms in total. The number of carbonyl (C=O) groups excluding carboxylic acids is 1. The number of methoxy groups -OCH3 is 1. The Kier molecular flexibility index (Phi) is 4.67. The van der Waals surface area contributed by atoms with E-state index >= 15 is 0 Å². The van der Waals surface area contributed by atoms with Crippen molar-refractivity contribution in [1.29, 1.82) is 0 Å². The standard InChI is InChI=1S/C17H14ClFN4O2/c1-23-15(11-7-10(18)3-4-16(11)25-2)8-14(22-23)17(24)21-13-5-6-20-9-12(13)19/h3-9H,1-2H3,(H,20,21,24). The summed E-state index contributed by atoms with van der Waals surface area (Å²) in [5.74, 6) is -0.559. The molecule has 0 spiro atoms. The molecule has 0 atom stereocenters. The highest BCUT2D eigenvalue weighted by atomic mass is 35.5. The molecule has 0 radical (unpaired) electrons. The lowest BCUT2D eigenvalue weighted by molar-refractivity contribution is 0.102. The van der Waals surface area contributed by atoms with Gasteiger partial charge in [0.1, 0.15) is 5.75 Å². The van der Waals surface area contributed by atoms with E-state index in [1.807, 2.05) is 0 Å².